The van der Waals surface area contributed by atoms with Crippen LogP contribution >= 0.6 is 0 Å². The zero-order valence-electron chi connectivity index (χ0n) is 15.3. The fraction of sp³-hybridized carbons (Fsp3) is 0.174. The van der Waals surface area contributed by atoms with Gasteiger partial charge in [-0.3, -0.25) is 4.79 Å². The van der Waals surface area contributed by atoms with Gasteiger partial charge < -0.3 is 14.2 Å². The summed E-state index contributed by atoms with van der Waals surface area (Å²) in [5.41, 5.74) is 2.64. The molecule has 1 atom stereocenters. The highest BCUT2D eigenvalue weighted by Gasteiger charge is 2.30. The molecule has 4 rings (SSSR count). The average Bonchev–Trinajstić information content (AvgIpc) is 2.73. The Bertz CT molecular complexity index is 979. The van der Waals surface area contributed by atoms with Gasteiger partial charge in [0.2, 0.25) is 0 Å². The molecule has 1 heterocycles. The van der Waals surface area contributed by atoms with Gasteiger partial charge in [-0.05, 0) is 12.1 Å². The van der Waals surface area contributed by atoms with Gasteiger partial charge in [0.25, 0.3) is 0 Å². The number of Topliss-reactive ketones (excluding diaryl/α,β-unsaturated/α-hetero) is 1. The molecule has 0 spiro atoms. The van der Waals surface area contributed by atoms with Gasteiger partial charge in [-0.2, -0.15) is 0 Å². The molecule has 0 N–H and O–H groups in total. The Balaban J connectivity index is 1.79. The summed E-state index contributed by atoms with van der Waals surface area (Å²) in [6.07, 6.45) is 0.354. The van der Waals surface area contributed by atoms with E-state index in [0.717, 1.165) is 16.9 Å². The Hall–Kier alpha value is -3.27. The molecule has 136 valence electrons. The van der Waals surface area contributed by atoms with Crippen LogP contribution in [0.2, 0.25) is 0 Å². The van der Waals surface area contributed by atoms with Gasteiger partial charge in [-0.1, -0.05) is 48.5 Å². The van der Waals surface area contributed by atoms with Gasteiger partial charge in [-0.15, -0.1) is 0 Å². The average molecular weight is 360 g/mol. The lowest BCUT2D eigenvalue weighted by Crippen LogP contribution is -2.15. The van der Waals surface area contributed by atoms with Crippen molar-refractivity contribution in [2.24, 2.45) is 0 Å². The second kappa shape index (κ2) is 7.16. The van der Waals surface area contributed by atoms with Crippen LogP contribution in [0.25, 0.3) is 0 Å². The molecule has 1 aliphatic heterocycles. The van der Waals surface area contributed by atoms with E-state index in [1.165, 1.54) is 0 Å². The van der Waals surface area contributed by atoms with Gasteiger partial charge in [0, 0.05) is 35.1 Å². The summed E-state index contributed by atoms with van der Waals surface area (Å²) in [5.74, 6) is 2.66. The Morgan fingerprint density at radius 2 is 1.52 bits per heavy atom. The van der Waals surface area contributed by atoms with Gasteiger partial charge in [-0.25, -0.2) is 0 Å². The largest absolute Gasteiger partial charge is 0.493 e. The molecule has 3 aromatic rings. The van der Waals surface area contributed by atoms with Crippen LogP contribution in [0.15, 0.2) is 66.7 Å². The quantitative estimate of drug-likeness (QED) is 0.586. The van der Waals surface area contributed by atoms with Crippen molar-refractivity contribution in [1.29, 1.82) is 0 Å². The molecule has 0 amide bonds. The predicted octanol–water partition coefficient (Wildman–Crippen LogP) is 5.21. The number of carbonyl (C=O) groups excluding carboxylic acids is 1. The summed E-state index contributed by atoms with van der Waals surface area (Å²) in [7, 11) is 3.20. The molecule has 0 aliphatic carbocycles. The smallest absolute Gasteiger partial charge is 0.164 e. The lowest BCUT2D eigenvalue weighted by Gasteiger charge is -2.29. The highest BCUT2D eigenvalue weighted by molar-refractivity contribution is 5.97. The number of ketones is 1. The maximum absolute atomic E-state index is 12.9. The molecule has 0 radical (unpaired) electrons. The first-order chi connectivity index (χ1) is 13.2. The van der Waals surface area contributed by atoms with Crippen molar-refractivity contribution in [2.75, 3.05) is 14.2 Å². The summed E-state index contributed by atoms with van der Waals surface area (Å²) in [6, 6.07) is 20.9. The number of carbonyl (C=O) groups is 1. The number of fused-ring (bicyclic) bond motifs is 2. The Morgan fingerprint density at radius 3 is 2.26 bits per heavy atom. The lowest BCUT2D eigenvalue weighted by atomic mass is 9.83. The zero-order chi connectivity index (χ0) is 18.8. The van der Waals surface area contributed by atoms with Crippen LogP contribution in [0.4, 0.5) is 0 Å². The van der Waals surface area contributed by atoms with Crippen LogP contribution in [0.1, 0.15) is 33.8 Å². The molecule has 27 heavy (non-hydrogen) atoms. The maximum Gasteiger partial charge on any atom is 0.164 e. The summed E-state index contributed by atoms with van der Waals surface area (Å²) >= 11 is 0. The number of para-hydroxylation sites is 1. The van der Waals surface area contributed by atoms with E-state index in [1.54, 1.807) is 14.2 Å². The van der Waals surface area contributed by atoms with E-state index in [2.05, 4.69) is 0 Å². The van der Waals surface area contributed by atoms with Gasteiger partial charge in [0.05, 0.1) is 14.2 Å². The lowest BCUT2D eigenvalue weighted by molar-refractivity contribution is 0.0976. The number of hydrogen-bond donors (Lipinski definition) is 0. The van der Waals surface area contributed by atoms with Crippen LogP contribution in [0.3, 0.4) is 0 Å². The van der Waals surface area contributed by atoms with Crippen molar-refractivity contribution in [3.05, 3.63) is 83.4 Å². The summed E-state index contributed by atoms with van der Waals surface area (Å²) in [6.45, 7) is 0. The van der Waals surface area contributed by atoms with E-state index in [1.807, 2.05) is 66.7 Å². The van der Waals surface area contributed by atoms with Crippen LogP contribution in [-0.2, 0) is 0 Å². The molecular formula is C23H20O4. The highest BCUT2D eigenvalue weighted by atomic mass is 16.5. The third-order valence-electron chi connectivity index (χ3n) is 4.89. The number of hydrogen-bond acceptors (Lipinski definition) is 4. The van der Waals surface area contributed by atoms with E-state index in [-0.39, 0.29) is 11.7 Å². The van der Waals surface area contributed by atoms with Crippen LogP contribution in [0.5, 0.6) is 23.0 Å². The minimum Gasteiger partial charge on any atom is -0.493 e. The first kappa shape index (κ1) is 17.2. The molecule has 1 unspecified atom stereocenters. The Labute approximate surface area is 158 Å². The third-order valence-corrected chi connectivity index (χ3v) is 4.89. The van der Waals surface area contributed by atoms with Crippen molar-refractivity contribution in [3.8, 4) is 23.0 Å². The SMILES string of the molecule is COc1cc2c(cc1OC)C(CC(=O)c1ccccc1)c1ccccc1O2. The molecule has 1 aliphatic rings. The minimum atomic E-state index is -0.113. The van der Waals surface area contributed by atoms with Crippen molar-refractivity contribution < 1.29 is 19.0 Å². The van der Waals surface area contributed by atoms with Crippen molar-refractivity contribution in [2.45, 2.75) is 12.3 Å². The number of benzene rings is 3. The van der Waals surface area contributed by atoms with Crippen molar-refractivity contribution in [3.63, 3.8) is 0 Å². The first-order valence-corrected chi connectivity index (χ1v) is 8.82. The van der Waals surface area contributed by atoms with Crippen LogP contribution in [-0.4, -0.2) is 20.0 Å². The summed E-state index contributed by atoms with van der Waals surface area (Å²) in [4.78, 5) is 12.9. The molecule has 4 nitrogen and oxygen atoms in total. The fourth-order valence-corrected chi connectivity index (χ4v) is 3.53. The van der Waals surface area contributed by atoms with Crippen LogP contribution in [0, 0.1) is 0 Å². The van der Waals surface area contributed by atoms with E-state index in [9.17, 15) is 4.79 Å². The predicted molar refractivity (Wildman–Crippen MR) is 103 cm³/mol. The third kappa shape index (κ3) is 3.14. The minimum absolute atomic E-state index is 0.0954. The highest BCUT2D eigenvalue weighted by Crippen LogP contribution is 2.49. The molecule has 0 bridgehead atoms. The monoisotopic (exact) mass is 360 g/mol. The zero-order valence-corrected chi connectivity index (χ0v) is 15.3. The first-order valence-electron chi connectivity index (χ1n) is 8.82. The maximum atomic E-state index is 12.9. The van der Waals surface area contributed by atoms with Gasteiger partial charge in [0.15, 0.2) is 17.3 Å². The fourth-order valence-electron chi connectivity index (χ4n) is 3.53. The molecule has 3 aromatic carbocycles. The van der Waals surface area contributed by atoms with Crippen LogP contribution < -0.4 is 14.2 Å². The second-order valence-electron chi connectivity index (χ2n) is 6.43. The van der Waals surface area contributed by atoms with E-state index < -0.39 is 0 Å². The molecule has 0 saturated heterocycles. The molecular weight excluding hydrogens is 340 g/mol. The van der Waals surface area contributed by atoms with Gasteiger partial charge >= 0.3 is 0 Å². The van der Waals surface area contributed by atoms with Gasteiger partial charge in [0.1, 0.15) is 11.5 Å². The standard InChI is InChI=1S/C23H20O4/c1-25-22-13-18-17(12-19(24)15-8-4-3-5-9-15)16-10-6-7-11-20(16)27-21(18)14-23(22)26-2/h3-11,13-14,17H,12H2,1-2H3. The summed E-state index contributed by atoms with van der Waals surface area (Å²) in [5, 5.41) is 0. The number of rotatable bonds is 5. The second-order valence-corrected chi connectivity index (χ2v) is 6.43. The van der Waals surface area contributed by atoms with Crippen molar-refractivity contribution in [1.82, 2.24) is 0 Å². The summed E-state index contributed by atoms with van der Waals surface area (Å²) < 4.78 is 17.0. The Kier molecular flexibility index (Phi) is 4.55. The molecule has 0 fully saturated rings. The van der Waals surface area contributed by atoms with Crippen molar-refractivity contribution >= 4 is 5.78 Å². The van der Waals surface area contributed by atoms with E-state index in [4.69, 9.17) is 14.2 Å². The molecule has 0 saturated carbocycles. The molecule has 0 aromatic heterocycles. The van der Waals surface area contributed by atoms with E-state index in [0.29, 0.717) is 29.2 Å². The number of ether oxygens (including phenoxy) is 3. The normalized spacial score (nSPS) is 14.5. The topological polar surface area (TPSA) is 44.8 Å². The Morgan fingerprint density at radius 1 is 0.852 bits per heavy atom. The number of methoxy groups -OCH3 is 2. The van der Waals surface area contributed by atoms with E-state index >= 15 is 0 Å². The molecule has 4 heteroatoms.